The lowest BCUT2D eigenvalue weighted by molar-refractivity contribution is -0.0591. The van der Waals surface area contributed by atoms with Crippen LogP contribution in [0.1, 0.15) is 56.3 Å². The fourth-order valence-corrected chi connectivity index (χ4v) is 4.29. The van der Waals surface area contributed by atoms with Gasteiger partial charge in [0.15, 0.2) is 0 Å². The Hall–Kier alpha value is -0.860. The summed E-state index contributed by atoms with van der Waals surface area (Å²) >= 11 is 0. The van der Waals surface area contributed by atoms with E-state index in [0.717, 1.165) is 12.8 Å². The van der Waals surface area contributed by atoms with Crippen molar-refractivity contribution in [1.82, 2.24) is 0 Å². The molecule has 3 aliphatic heterocycles. The molecule has 0 radical (unpaired) electrons. The van der Waals surface area contributed by atoms with Crippen molar-refractivity contribution in [2.75, 3.05) is 0 Å². The molecular weight excluding hydrogens is 224 g/mol. The lowest BCUT2D eigenvalue weighted by Gasteiger charge is -2.38. The molecule has 5 atom stereocenters. The monoisotopic (exact) mass is 244 g/mol. The third kappa shape index (κ3) is 1.20. The van der Waals surface area contributed by atoms with Gasteiger partial charge in [-0.1, -0.05) is 37.6 Å². The van der Waals surface area contributed by atoms with Crippen LogP contribution in [-0.4, -0.2) is 17.8 Å². The summed E-state index contributed by atoms with van der Waals surface area (Å²) in [5.41, 5.74) is 2.81. The van der Waals surface area contributed by atoms with Crippen molar-refractivity contribution in [3.8, 4) is 0 Å². The molecule has 0 aromatic heterocycles. The molecule has 1 aromatic rings. The second-order valence-electron chi connectivity index (χ2n) is 6.08. The number of hydrogen-bond acceptors (Lipinski definition) is 2. The van der Waals surface area contributed by atoms with Gasteiger partial charge in [0.1, 0.15) is 5.60 Å². The number of hydrogen-bond donors (Lipinski definition) is 0. The number of rotatable bonds is 2. The molecule has 0 aliphatic carbocycles. The highest BCUT2D eigenvalue weighted by atomic mass is 16.6. The van der Waals surface area contributed by atoms with E-state index in [2.05, 4.69) is 38.1 Å². The minimum Gasteiger partial charge on any atom is -0.371 e. The van der Waals surface area contributed by atoms with E-state index in [9.17, 15) is 0 Å². The Morgan fingerprint density at radius 3 is 2.83 bits per heavy atom. The normalized spacial score (nSPS) is 44.1. The summed E-state index contributed by atoms with van der Waals surface area (Å²) in [6.07, 6.45) is 4.23. The fraction of sp³-hybridized carbons (Fsp3) is 0.625. The standard InChI is InChI=1S/C16H20O2/c1-3-6-12-15-11-8-5-4-7-10(11)13-9-14(17-12)16(15,2)18-13/h4-5,7-8,12-15H,3,6,9H2,1-2H3/t12-,13+,14+,15+,16-/m1/s1. The largest absolute Gasteiger partial charge is 0.371 e. The van der Waals surface area contributed by atoms with Crippen molar-refractivity contribution in [2.45, 2.75) is 62.9 Å². The van der Waals surface area contributed by atoms with Crippen molar-refractivity contribution >= 4 is 0 Å². The van der Waals surface area contributed by atoms with E-state index in [0.29, 0.717) is 12.0 Å². The molecule has 3 aliphatic rings. The van der Waals surface area contributed by atoms with Crippen LogP contribution in [0.15, 0.2) is 24.3 Å². The Morgan fingerprint density at radius 2 is 2.06 bits per heavy atom. The smallest absolute Gasteiger partial charge is 0.102 e. The van der Waals surface area contributed by atoms with Gasteiger partial charge in [0, 0.05) is 12.3 Å². The van der Waals surface area contributed by atoms with Gasteiger partial charge in [-0.25, -0.2) is 0 Å². The summed E-state index contributed by atoms with van der Waals surface area (Å²) in [5.74, 6) is 0.428. The molecule has 2 heteroatoms. The third-order valence-electron chi connectivity index (χ3n) is 5.04. The molecule has 0 saturated carbocycles. The van der Waals surface area contributed by atoms with Crippen LogP contribution in [-0.2, 0) is 9.47 Å². The van der Waals surface area contributed by atoms with Gasteiger partial charge in [0.05, 0.1) is 18.3 Å². The van der Waals surface area contributed by atoms with Crippen LogP contribution in [0.25, 0.3) is 0 Å². The average Bonchev–Trinajstić information content (AvgIpc) is 2.77. The molecule has 18 heavy (non-hydrogen) atoms. The maximum atomic E-state index is 6.35. The Kier molecular flexibility index (Phi) is 2.19. The molecule has 4 rings (SSSR count). The molecule has 96 valence electrons. The summed E-state index contributed by atoms with van der Waals surface area (Å²) in [5, 5.41) is 0. The molecule has 2 saturated heterocycles. The Bertz CT molecular complexity index is 484. The molecule has 1 aromatic carbocycles. The summed E-state index contributed by atoms with van der Waals surface area (Å²) < 4.78 is 12.6. The van der Waals surface area contributed by atoms with Gasteiger partial charge in [0.25, 0.3) is 0 Å². The Morgan fingerprint density at radius 1 is 1.28 bits per heavy atom. The van der Waals surface area contributed by atoms with Gasteiger partial charge in [-0.15, -0.1) is 0 Å². The van der Waals surface area contributed by atoms with Crippen molar-refractivity contribution in [3.05, 3.63) is 35.4 Å². The van der Waals surface area contributed by atoms with Crippen LogP contribution in [0.5, 0.6) is 0 Å². The first-order valence-corrected chi connectivity index (χ1v) is 7.16. The van der Waals surface area contributed by atoms with E-state index in [1.165, 1.54) is 17.5 Å². The van der Waals surface area contributed by atoms with Crippen LogP contribution < -0.4 is 0 Å². The maximum Gasteiger partial charge on any atom is 0.102 e. The maximum absolute atomic E-state index is 6.35. The first-order chi connectivity index (χ1) is 8.74. The number of benzene rings is 1. The summed E-state index contributed by atoms with van der Waals surface area (Å²) in [6.45, 7) is 4.49. The molecule has 3 heterocycles. The molecule has 0 spiro atoms. The van der Waals surface area contributed by atoms with Crippen molar-refractivity contribution in [2.24, 2.45) is 0 Å². The highest BCUT2D eigenvalue weighted by Gasteiger charge is 2.63. The average molecular weight is 244 g/mol. The van der Waals surface area contributed by atoms with E-state index >= 15 is 0 Å². The fourth-order valence-electron chi connectivity index (χ4n) is 4.29. The zero-order valence-electron chi connectivity index (χ0n) is 11.1. The molecular formula is C16H20O2. The predicted octanol–water partition coefficient (Wildman–Crippen LogP) is 3.57. The molecule has 0 unspecified atom stereocenters. The predicted molar refractivity (Wildman–Crippen MR) is 69.6 cm³/mol. The van der Waals surface area contributed by atoms with E-state index in [4.69, 9.17) is 9.47 Å². The van der Waals surface area contributed by atoms with Gasteiger partial charge in [0.2, 0.25) is 0 Å². The minimum atomic E-state index is -0.0845. The first kappa shape index (κ1) is 11.0. The van der Waals surface area contributed by atoms with Gasteiger partial charge in [-0.05, 0) is 24.5 Å². The number of ether oxygens (including phenoxy) is 2. The highest BCUT2D eigenvalue weighted by Crippen LogP contribution is 2.60. The van der Waals surface area contributed by atoms with E-state index in [-0.39, 0.29) is 17.8 Å². The topological polar surface area (TPSA) is 18.5 Å². The van der Waals surface area contributed by atoms with Crippen molar-refractivity contribution in [3.63, 3.8) is 0 Å². The molecule has 0 N–H and O–H groups in total. The quantitative estimate of drug-likeness (QED) is 0.791. The van der Waals surface area contributed by atoms with Crippen molar-refractivity contribution < 1.29 is 9.47 Å². The van der Waals surface area contributed by atoms with Gasteiger partial charge < -0.3 is 9.47 Å². The Balaban J connectivity index is 1.87. The zero-order valence-corrected chi connectivity index (χ0v) is 11.1. The molecule has 2 fully saturated rings. The van der Waals surface area contributed by atoms with Crippen LogP contribution >= 0.6 is 0 Å². The van der Waals surface area contributed by atoms with Crippen LogP contribution in [0, 0.1) is 0 Å². The second-order valence-corrected chi connectivity index (χ2v) is 6.08. The molecule has 2 bridgehead atoms. The third-order valence-corrected chi connectivity index (χ3v) is 5.04. The summed E-state index contributed by atoms with van der Waals surface area (Å²) in [6, 6.07) is 8.81. The molecule has 0 amide bonds. The van der Waals surface area contributed by atoms with Gasteiger partial charge >= 0.3 is 0 Å². The summed E-state index contributed by atoms with van der Waals surface area (Å²) in [4.78, 5) is 0. The van der Waals surface area contributed by atoms with E-state index < -0.39 is 0 Å². The lowest BCUT2D eigenvalue weighted by Crippen LogP contribution is -2.40. The van der Waals surface area contributed by atoms with Crippen LogP contribution in [0.2, 0.25) is 0 Å². The van der Waals surface area contributed by atoms with E-state index in [1.807, 2.05) is 0 Å². The summed E-state index contributed by atoms with van der Waals surface area (Å²) in [7, 11) is 0. The van der Waals surface area contributed by atoms with E-state index in [1.54, 1.807) is 0 Å². The minimum absolute atomic E-state index is 0.0845. The lowest BCUT2D eigenvalue weighted by atomic mass is 9.77. The van der Waals surface area contributed by atoms with Crippen LogP contribution in [0.4, 0.5) is 0 Å². The van der Waals surface area contributed by atoms with Gasteiger partial charge in [-0.2, -0.15) is 0 Å². The first-order valence-electron chi connectivity index (χ1n) is 7.16. The molecule has 2 nitrogen and oxygen atoms in total. The number of fused-ring (bicyclic) bond motifs is 4. The Labute approximate surface area is 108 Å². The van der Waals surface area contributed by atoms with Crippen molar-refractivity contribution in [1.29, 1.82) is 0 Å². The zero-order chi connectivity index (χ0) is 12.3. The highest BCUT2D eigenvalue weighted by molar-refractivity contribution is 5.42. The second kappa shape index (κ2) is 3.58. The van der Waals surface area contributed by atoms with Crippen LogP contribution in [0.3, 0.4) is 0 Å². The SMILES string of the molecule is CCC[C@H]1O[C@H]2C[C@@H]3O[C@@]2(C)[C@H]1c1ccccc13. The van der Waals surface area contributed by atoms with Gasteiger partial charge in [-0.3, -0.25) is 0 Å².